The Morgan fingerprint density at radius 2 is 0.945 bits per heavy atom. The minimum absolute atomic E-state index is 0.454. The van der Waals surface area contributed by atoms with E-state index in [-0.39, 0.29) is 0 Å². The lowest BCUT2D eigenvalue weighted by atomic mass is 9.69. The Bertz CT molecular complexity index is 3150. The van der Waals surface area contributed by atoms with E-state index in [9.17, 15) is 0 Å². The molecule has 0 unspecified atom stereocenters. The lowest BCUT2D eigenvalue weighted by Crippen LogP contribution is -2.26. The third-order valence-corrected chi connectivity index (χ3v) is 12.1. The van der Waals surface area contributed by atoms with Gasteiger partial charge in [0.05, 0.1) is 22.5 Å². The van der Waals surface area contributed by atoms with E-state index in [1.54, 1.807) is 0 Å². The molecule has 2 nitrogen and oxygen atoms in total. The summed E-state index contributed by atoms with van der Waals surface area (Å²) in [6, 6.07) is 69.1. The van der Waals surface area contributed by atoms with Crippen molar-refractivity contribution in [3.63, 3.8) is 0 Å². The maximum absolute atomic E-state index is 4.95. The largest absolute Gasteiger partial charge is 0.255 e. The van der Waals surface area contributed by atoms with E-state index in [4.69, 9.17) is 4.98 Å². The van der Waals surface area contributed by atoms with Crippen LogP contribution in [0.4, 0.5) is 0 Å². The molecule has 0 saturated carbocycles. The Morgan fingerprint density at radius 3 is 1.69 bits per heavy atom. The summed E-state index contributed by atoms with van der Waals surface area (Å²) in [5.74, 6) is 0. The summed E-state index contributed by atoms with van der Waals surface area (Å²) < 4.78 is 0. The van der Waals surface area contributed by atoms with Gasteiger partial charge in [0.1, 0.15) is 0 Å². The first-order valence-corrected chi connectivity index (χ1v) is 19.0. The van der Waals surface area contributed by atoms with Crippen LogP contribution in [0.15, 0.2) is 194 Å². The SMILES string of the molecule is c1ccc(-c2cccc(-c3ccc(-c4ccc5cc6c(cc5c4)C4(c5ccccc5-c5ccccc54)c4c-6c5ccccc5c5ccccc45)cc3)n2)nc1. The highest BCUT2D eigenvalue weighted by molar-refractivity contribution is 6.20. The lowest BCUT2D eigenvalue weighted by molar-refractivity contribution is 0.803. The van der Waals surface area contributed by atoms with Crippen molar-refractivity contribution in [3.05, 3.63) is 217 Å². The highest BCUT2D eigenvalue weighted by Crippen LogP contribution is 2.65. The number of hydrogen-bond acceptors (Lipinski definition) is 2. The summed E-state index contributed by atoms with van der Waals surface area (Å²) in [7, 11) is 0. The molecule has 1 spiro atoms. The topological polar surface area (TPSA) is 25.8 Å². The number of rotatable bonds is 3. The molecule has 55 heavy (non-hydrogen) atoms. The molecule has 0 amide bonds. The van der Waals surface area contributed by atoms with E-state index >= 15 is 0 Å². The fraction of sp³-hybridized carbons (Fsp3) is 0.0189. The van der Waals surface area contributed by atoms with E-state index in [1.165, 1.54) is 88.0 Å². The summed E-state index contributed by atoms with van der Waals surface area (Å²) in [6.07, 6.45) is 1.81. The van der Waals surface area contributed by atoms with E-state index in [0.29, 0.717) is 0 Å². The average Bonchev–Trinajstić information content (AvgIpc) is 3.73. The Labute approximate surface area is 319 Å². The average molecular weight is 697 g/mol. The minimum atomic E-state index is -0.454. The fourth-order valence-electron chi connectivity index (χ4n) is 9.82. The Kier molecular flexibility index (Phi) is 6.29. The van der Waals surface area contributed by atoms with Gasteiger partial charge in [-0.05, 0) is 130 Å². The standard InChI is InChI=1S/C53H32N2/c1-3-16-42-38(12-1)39-13-2-4-17-43(39)52-51(42)44-31-36-28-27-35(33-23-25-34(26-24-33)48-21-11-22-50(55-48)49-20-9-10-29-54-49)30-37(36)32-47(44)53(52)45-18-7-5-14-40(45)41-15-6-8-19-46(41)53/h1-32H. The van der Waals surface area contributed by atoms with Gasteiger partial charge in [-0.3, -0.25) is 4.98 Å². The maximum Gasteiger partial charge on any atom is 0.0893 e. The van der Waals surface area contributed by atoms with Gasteiger partial charge < -0.3 is 0 Å². The van der Waals surface area contributed by atoms with Crippen LogP contribution in [0.5, 0.6) is 0 Å². The van der Waals surface area contributed by atoms with Gasteiger partial charge in [-0.1, -0.05) is 146 Å². The molecule has 10 aromatic rings. The zero-order valence-corrected chi connectivity index (χ0v) is 29.9. The molecule has 0 atom stereocenters. The summed E-state index contributed by atoms with van der Waals surface area (Å²) in [4.78, 5) is 9.45. The van der Waals surface area contributed by atoms with Gasteiger partial charge in [0.15, 0.2) is 0 Å². The van der Waals surface area contributed by atoms with Crippen molar-refractivity contribution in [3.8, 4) is 56.0 Å². The Morgan fingerprint density at radius 1 is 0.345 bits per heavy atom. The van der Waals surface area contributed by atoms with Crippen LogP contribution in [0.25, 0.3) is 88.3 Å². The van der Waals surface area contributed by atoms with Gasteiger partial charge in [0.25, 0.3) is 0 Å². The van der Waals surface area contributed by atoms with Crippen molar-refractivity contribution in [2.24, 2.45) is 0 Å². The number of fused-ring (bicyclic) bond motifs is 16. The van der Waals surface area contributed by atoms with Crippen LogP contribution in [0, 0.1) is 0 Å². The lowest BCUT2D eigenvalue weighted by Gasteiger charge is -2.32. The summed E-state index contributed by atoms with van der Waals surface area (Å²) in [6.45, 7) is 0. The zero-order valence-electron chi connectivity index (χ0n) is 29.9. The molecule has 2 aliphatic rings. The van der Waals surface area contributed by atoms with E-state index in [0.717, 1.165) is 22.6 Å². The van der Waals surface area contributed by atoms with Crippen LogP contribution in [0.3, 0.4) is 0 Å². The maximum atomic E-state index is 4.95. The molecule has 0 radical (unpaired) electrons. The smallest absolute Gasteiger partial charge is 0.0893 e. The first-order chi connectivity index (χ1) is 27.3. The molecule has 0 fully saturated rings. The molecule has 8 aromatic carbocycles. The van der Waals surface area contributed by atoms with Crippen molar-refractivity contribution < 1.29 is 0 Å². The van der Waals surface area contributed by atoms with Crippen LogP contribution in [0.1, 0.15) is 22.3 Å². The van der Waals surface area contributed by atoms with Crippen LogP contribution in [-0.4, -0.2) is 9.97 Å². The van der Waals surface area contributed by atoms with Crippen LogP contribution < -0.4 is 0 Å². The first kappa shape index (κ1) is 30.3. The monoisotopic (exact) mass is 696 g/mol. The van der Waals surface area contributed by atoms with Crippen molar-refractivity contribution >= 4 is 32.3 Å². The number of nitrogens with zero attached hydrogens (tertiary/aromatic N) is 2. The molecule has 254 valence electrons. The second kappa shape index (κ2) is 11.4. The summed E-state index contributed by atoms with van der Waals surface area (Å²) in [5, 5.41) is 7.73. The van der Waals surface area contributed by atoms with E-state index < -0.39 is 5.41 Å². The highest BCUT2D eigenvalue weighted by atomic mass is 14.8. The van der Waals surface area contributed by atoms with Gasteiger partial charge in [-0.15, -0.1) is 0 Å². The zero-order chi connectivity index (χ0) is 36.1. The molecule has 2 heteroatoms. The molecule has 2 aliphatic carbocycles. The van der Waals surface area contributed by atoms with Gasteiger partial charge in [0, 0.05) is 11.8 Å². The first-order valence-electron chi connectivity index (χ1n) is 19.0. The second-order valence-electron chi connectivity index (χ2n) is 14.8. The van der Waals surface area contributed by atoms with Crippen molar-refractivity contribution in [2.45, 2.75) is 5.41 Å². The van der Waals surface area contributed by atoms with Crippen molar-refractivity contribution in [1.29, 1.82) is 0 Å². The quantitative estimate of drug-likeness (QED) is 0.172. The number of aromatic nitrogens is 2. The van der Waals surface area contributed by atoms with Crippen LogP contribution in [0.2, 0.25) is 0 Å². The van der Waals surface area contributed by atoms with Gasteiger partial charge in [-0.2, -0.15) is 0 Å². The fourth-order valence-corrected chi connectivity index (χ4v) is 9.82. The number of hydrogen-bond donors (Lipinski definition) is 0. The normalized spacial score (nSPS) is 13.2. The van der Waals surface area contributed by atoms with E-state index in [1.807, 2.05) is 30.5 Å². The molecule has 2 aromatic heterocycles. The van der Waals surface area contributed by atoms with Crippen molar-refractivity contribution in [2.75, 3.05) is 0 Å². The third-order valence-electron chi connectivity index (χ3n) is 12.1. The summed E-state index contributed by atoms with van der Waals surface area (Å²) in [5.41, 5.74) is 16.5. The van der Waals surface area contributed by atoms with Crippen molar-refractivity contribution in [1.82, 2.24) is 9.97 Å². The predicted octanol–water partition coefficient (Wildman–Crippen LogP) is 13.3. The van der Waals surface area contributed by atoms with Gasteiger partial charge in [-0.25, -0.2) is 4.98 Å². The molecular weight excluding hydrogens is 665 g/mol. The van der Waals surface area contributed by atoms with Crippen LogP contribution in [-0.2, 0) is 5.41 Å². The molecule has 0 N–H and O–H groups in total. The van der Waals surface area contributed by atoms with E-state index in [2.05, 4.69) is 169 Å². The highest BCUT2D eigenvalue weighted by Gasteiger charge is 2.53. The minimum Gasteiger partial charge on any atom is -0.255 e. The Hall–Kier alpha value is -7.16. The molecule has 0 aliphatic heterocycles. The molecule has 2 heterocycles. The van der Waals surface area contributed by atoms with Gasteiger partial charge in [0.2, 0.25) is 0 Å². The van der Waals surface area contributed by atoms with Gasteiger partial charge >= 0.3 is 0 Å². The molecule has 0 saturated heterocycles. The molecule has 12 rings (SSSR count). The second-order valence-corrected chi connectivity index (χ2v) is 14.8. The summed E-state index contributed by atoms with van der Waals surface area (Å²) >= 11 is 0. The third kappa shape index (κ3) is 4.19. The predicted molar refractivity (Wildman–Crippen MR) is 227 cm³/mol. The number of benzene rings is 8. The Balaban J connectivity index is 1.07. The molecular formula is C53H32N2. The number of pyridine rings is 2. The van der Waals surface area contributed by atoms with Crippen LogP contribution >= 0.6 is 0 Å². The molecule has 0 bridgehead atoms.